The maximum Gasteiger partial charge on any atom is 0.131 e. The lowest BCUT2D eigenvalue weighted by Crippen LogP contribution is -2.20. The number of benzene rings is 3. The van der Waals surface area contributed by atoms with Crippen LogP contribution in [0.3, 0.4) is 0 Å². The van der Waals surface area contributed by atoms with Crippen LogP contribution in [0.2, 0.25) is 23.2 Å². The first-order valence-electron chi connectivity index (χ1n) is 12.4. The van der Waals surface area contributed by atoms with Crippen molar-refractivity contribution in [3.05, 3.63) is 94.3 Å². The predicted molar refractivity (Wildman–Crippen MR) is 142 cm³/mol. The second-order valence-electron chi connectivity index (χ2n) is 10.0. The van der Waals surface area contributed by atoms with E-state index in [0.29, 0.717) is 11.5 Å². The lowest BCUT2D eigenvalue weighted by Gasteiger charge is -2.28. The highest BCUT2D eigenvalue weighted by Crippen LogP contribution is 2.37. The minimum atomic E-state index is -0.171. The van der Waals surface area contributed by atoms with Gasteiger partial charge in [0.1, 0.15) is 5.82 Å². The molecule has 0 aliphatic carbocycles. The van der Waals surface area contributed by atoms with Crippen LogP contribution in [0.1, 0.15) is 55.7 Å². The molecule has 1 radical (unpaired) electrons. The van der Waals surface area contributed by atoms with Crippen molar-refractivity contribution < 1.29 is 4.39 Å². The third-order valence-electron chi connectivity index (χ3n) is 7.11. The van der Waals surface area contributed by atoms with E-state index in [-0.39, 0.29) is 14.6 Å². The van der Waals surface area contributed by atoms with E-state index in [9.17, 15) is 0 Å². The van der Waals surface area contributed by atoms with E-state index in [4.69, 9.17) is 11.6 Å². The fourth-order valence-electron chi connectivity index (χ4n) is 4.91. The van der Waals surface area contributed by atoms with E-state index >= 15 is 4.39 Å². The lowest BCUT2D eigenvalue weighted by molar-refractivity contribution is 0.579. The first kappa shape index (κ1) is 24.2. The van der Waals surface area contributed by atoms with Crippen molar-refractivity contribution in [3.8, 4) is 11.1 Å². The molecule has 0 unspecified atom stereocenters. The molecule has 3 aromatic rings. The van der Waals surface area contributed by atoms with Gasteiger partial charge >= 0.3 is 0 Å². The molecule has 1 aliphatic rings. The topological polar surface area (TPSA) is 0 Å². The van der Waals surface area contributed by atoms with Gasteiger partial charge in [-0.05, 0) is 78.0 Å². The summed E-state index contributed by atoms with van der Waals surface area (Å²) in [6.07, 6.45) is 5.80. The first-order chi connectivity index (χ1) is 16.0. The van der Waals surface area contributed by atoms with E-state index in [1.807, 2.05) is 18.2 Å². The summed E-state index contributed by atoms with van der Waals surface area (Å²) in [5.41, 5.74) is 5.40. The summed E-state index contributed by atoms with van der Waals surface area (Å²) in [6, 6.07) is 26.6. The Labute approximate surface area is 205 Å². The summed E-state index contributed by atoms with van der Waals surface area (Å²) in [4.78, 5) is 0. The maximum absolute atomic E-state index is 15.1. The quantitative estimate of drug-likeness (QED) is 0.283. The Morgan fingerprint density at radius 2 is 1.48 bits per heavy atom. The van der Waals surface area contributed by atoms with Gasteiger partial charge in [-0.2, -0.15) is 0 Å². The summed E-state index contributed by atoms with van der Waals surface area (Å²) >= 11 is 5.97. The van der Waals surface area contributed by atoms with Crippen LogP contribution in [-0.2, 0) is 12.8 Å². The summed E-state index contributed by atoms with van der Waals surface area (Å²) < 4.78 is 15.1. The first-order valence-corrected chi connectivity index (χ1v) is 14.9. The summed E-state index contributed by atoms with van der Waals surface area (Å²) in [5.74, 6) is 1.27. The van der Waals surface area contributed by atoms with E-state index in [2.05, 4.69) is 56.3 Å². The minimum absolute atomic E-state index is 0.0858. The molecule has 1 aliphatic heterocycles. The van der Waals surface area contributed by atoms with Crippen molar-refractivity contribution in [2.75, 3.05) is 0 Å². The zero-order chi connectivity index (χ0) is 23.2. The lowest BCUT2D eigenvalue weighted by atomic mass is 9.91. The standard InChI is InChI=1S/C30H35ClFSi/c1-22(2)15-18-33-19-16-25(17-20-33)27-11-14-29(30(32)21-27)26-9-5-23(6-10-26)3-4-24-7-12-28(31)13-8-24/h5-14,21-22,25H,3-4,15-20H2,1-2H3. The van der Waals surface area contributed by atoms with Crippen LogP contribution < -0.4 is 0 Å². The molecule has 0 amide bonds. The van der Waals surface area contributed by atoms with Crippen LogP contribution in [-0.4, -0.2) is 8.80 Å². The number of hydrogen-bond donors (Lipinski definition) is 0. The van der Waals surface area contributed by atoms with Crippen LogP contribution in [0.5, 0.6) is 0 Å². The molecule has 0 saturated carbocycles. The number of halogens is 2. The summed E-state index contributed by atoms with van der Waals surface area (Å²) in [7, 11) is -0.171. The minimum Gasteiger partial charge on any atom is -0.206 e. The van der Waals surface area contributed by atoms with Gasteiger partial charge < -0.3 is 0 Å². The van der Waals surface area contributed by atoms with Crippen LogP contribution in [0.15, 0.2) is 66.7 Å². The Bertz CT molecular complexity index is 1020. The summed E-state index contributed by atoms with van der Waals surface area (Å²) in [6.45, 7) is 4.65. The Morgan fingerprint density at radius 1 is 0.879 bits per heavy atom. The van der Waals surface area contributed by atoms with Gasteiger partial charge in [0.2, 0.25) is 0 Å². The highest BCUT2D eigenvalue weighted by atomic mass is 35.5. The van der Waals surface area contributed by atoms with Crippen molar-refractivity contribution in [1.29, 1.82) is 0 Å². The molecular weight excluding hydrogens is 443 g/mol. The second-order valence-corrected chi connectivity index (χ2v) is 13.5. The summed E-state index contributed by atoms with van der Waals surface area (Å²) in [5, 5.41) is 0.770. The van der Waals surface area contributed by atoms with Gasteiger partial charge in [-0.1, -0.05) is 98.5 Å². The van der Waals surface area contributed by atoms with Gasteiger partial charge in [0, 0.05) is 19.4 Å². The normalized spacial score (nSPS) is 15.3. The molecule has 0 bridgehead atoms. The molecule has 4 rings (SSSR count). The number of rotatable bonds is 8. The van der Waals surface area contributed by atoms with Gasteiger partial charge in [-0.25, -0.2) is 4.39 Å². The Hall–Kier alpha value is -1.90. The molecule has 1 heterocycles. The van der Waals surface area contributed by atoms with Crippen LogP contribution >= 0.6 is 11.6 Å². The molecule has 1 fully saturated rings. The van der Waals surface area contributed by atoms with Crippen molar-refractivity contribution in [3.63, 3.8) is 0 Å². The third kappa shape index (κ3) is 6.80. The molecule has 0 N–H and O–H groups in total. The molecule has 33 heavy (non-hydrogen) atoms. The van der Waals surface area contributed by atoms with Crippen molar-refractivity contribution >= 4 is 20.4 Å². The smallest absolute Gasteiger partial charge is 0.131 e. The molecule has 0 aromatic heterocycles. The van der Waals surface area contributed by atoms with E-state index in [0.717, 1.165) is 29.3 Å². The largest absolute Gasteiger partial charge is 0.206 e. The molecule has 0 atom stereocenters. The molecule has 173 valence electrons. The number of hydrogen-bond acceptors (Lipinski definition) is 0. The van der Waals surface area contributed by atoms with Crippen LogP contribution in [0.25, 0.3) is 11.1 Å². The predicted octanol–water partition coefficient (Wildman–Crippen LogP) is 9.35. The molecule has 0 spiro atoms. The molecular formula is C30H35ClFSi. The van der Waals surface area contributed by atoms with Crippen molar-refractivity contribution in [1.82, 2.24) is 0 Å². The van der Waals surface area contributed by atoms with Crippen LogP contribution in [0.4, 0.5) is 4.39 Å². The van der Waals surface area contributed by atoms with Crippen molar-refractivity contribution in [2.24, 2.45) is 5.92 Å². The molecule has 0 nitrogen and oxygen atoms in total. The molecule has 1 saturated heterocycles. The average molecular weight is 478 g/mol. The molecule has 3 heteroatoms. The Balaban J connectivity index is 1.34. The number of aryl methyl sites for hydroxylation is 2. The Kier molecular flexibility index (Phi) is 8.43. The third-order valence-corrected chi connectivity index (χ3v) is 10.4. The van der Waals surface area contributed by atoms with Gasteiger partial charge in [0.15, 0.2) is 0 Å². The molecule has 3 aromatic carbocycles. The van der Waals surface area contributed by atoms with Gasteiger partial charge in [0.25, 0.3) is 0 Å². The van der Waals surface area contributed by atoms with E-state index in [1.165, 1.54) is 54.1 Å². The average Bonchev–Trinajstić information content (AvgIpc) is 2.83. The fourth-order valence-corrected chi connectivity index (χ4v) is 8.29. The van der Waals surface area contributed by atoms with Gasteiger partial charge in [-0.15, -0.1) is 0 Å². The Morgan fingerprint density at radius 3 is 2.06 bits per heavy atom. The van der Waals surface area contributed by atoms with E-state index in [1.54, 1.807) is 6.07 Å². The zero-order valence-electron chi connectivity index (χ0n) is 19.9. The zero-order valence-corrected chi connectivity index (χ0v) is 21.7. The van der Waals surface area contributed by atoms with E-state index < -0.39 is 0 Å². The van der Waals surface area contributed by atoms with Crippen LogP contribution in [0, 0.1) is 11.7 Å². The fraction of sp³-hybridized carbons (Fsp3) is 0.400. The highest BCUT2D eigenvalue weighted by Gasteiger charge is 2.24. The monoisotopic (exact) mass is 477 g/mol. The van der Waals surface area contributed by atoms with Gasteiger partial charge in [-0.3, -0.25) is 0 Å². The maximum atomic E-state index is 15.1. The second kappa shape index (κ2) is 11.5. The van der Waals surface area contributed by atoms with Crippen molar-refractivity contribution in [2.45, 2.75) is 70.0 Å². The van der Waals surface area contributed by atoms with Gasteiger partial charge in [0.05, 0.1) is 0 Å². The SMILES string of the molecule is CC(C)CC[Si]1CCC(c2ccc(-c3ccc(CCc4ccc(Cl)cc4)cc3)c(F)c2)CC1. The highest BCUT2D eigenvalue weighted by molar-refractivity contribution is 6.59.